The standard InChI is InChI=1S/C20H19N7O3S/c28-16-3-1-2-15-17(16)25-19(30)27(15)20-24-13(11-31-20)18(29)23-12-10-22-5-4-14(12)26-8-6-21-7-9-26/h1-5,10-11,21,28H,6-9H2,(H,23,29)(H,25,30). The van der Waals surface area contributed by atoms with Gasteiger partial charge in [-0.1, -0.05) is 6.07 Å². The van der Waals surface area contributed by atoms with E-state index >= 15 is 0 Å². The molecular weight excluding hydrogens is 418 g/mol. The van der Waals surface area contributed by atoms with Crippen molar-refractivity contribution in [1.82, 2.24) is 24.8 Å². The number of hydrogen-bond acceptors (Lipinski definition) is 8. The first-order valence-electron chi connectivity index (χ1n) is 9.71. The average Bonchev–Trinajstić information content (AvgIpc) is 3.39. The molecule has 4 heterocycles. The van der Waals surface area contributed by atoms with E-state index in [2.05, 4.69) is 30.5 Å². The quantitative estimate of drug-likeness (QED) is 0.381. The summed E-state index contributed by atoms with van der Waals surface area (Å²) in [4.78, 5) is 38.6. The van der Waals surface area contributed by atoms with Crippen molar-refractivity contribution in [3.63, 3.8) is 0 Å². The average molecular weight is 437 g/mol. The molecule has 1 aliphatic rings. The highest BCUT2D eigenvalue weighted by Gasteiger charge is 2.19. The maximum atomic E-state index is 12.9. The predicted molar refractivity (Wildman–Crippen MR) is 119 cm³/mol. The van der Waals surface area contributed by atoms with E-state index in [0.717, 1.165) is 31.9 Å². The van der Waals surface area contributed by atoms with Crippen molar-refractivity contribution in [2.24, 2.45) is 0 Å². The van der Waals surface area contributed by atoms with Gasteiger partial charge in [0, 0.05) is 37.8 Å². The fourth-order valence-electron chi connectivity index (χ4n) is 3.63. The highest BCUT2D eigenvalue weighted by molar-refractivity contribution is 7.12. The van der Waals surface area contributed by atoms with Crippen molar-refractivity contribution < 1.29 is 9.90 Å². The van der Waals surface area contributed by atoms with E-state index in [9.17, 15) is 14.7 Å². The van der Waals surface area contributed by atoms with Gasteiger partial charge in [0.1, 0.15) is 17.0 Å². The molecule has 0 aliphatic carbocycles. The van der Waals surface area contributed by atoms with Gasteiger partial charge in [0.2, 0.25) is 0 Å². The highest BCUT2D eigenvalue weighted by atomic mass is 32.1. The molecule has 5 rings (SSSR count). The van der Waals surface area contributed by atoms with E-state index in [1.807, 2.05) is 6.07 Å². The number of para-hydroxylation sites is 1. The molecule has 0 radical (unpaired) electrons. The fraction of sp³-hybridized carbons (Fsp3) is 0.200. The van der Waals surface area contributed by atoms with Crippen molar-refractivity contribution in [2.75, 3.05) is 36.4 Å². The maximum absolute atomic E-state index is 12.9. The summed E-state index contributed by atoms with van der Waals surface area (Å²) >= 11 is 1.17. The second kappa shape index (κ2) is 7.85. The molecule has 1 saturated heterocycles. The van der Waals surface area contributed by atoms with E-state index in [-0.39, 0.29) is 17.4 Å². The first-order chi connectivity index (χ1) is 15.1. The van der Waals surface area contributed by atoms with Crippen LogP contribution in [0.2, 0.25) is 0 Å². The third-order valence-electron chi connectivity index (χ3n) is 5.12. The Morgan fingerprint density at radius 3 is 2.90 bits per heavy atom. The number of nitrogens with zero attached hydrogens (tertiary/aromatic N) is 4. The van der Waals surface area contributed by atoms with Crippen LogP contribution in [-0.4, -0.2) is 56.7 Å². The van der Waals surface area contributed by atoms with Crippen molar-refractivity contribution in [3.05, 3.63) is 58.2 Å². The zero-order chi connectivity index (χ0) is 21.4. The molecule has 0 unspecified atom stereocenters. The monoisotopic (exact) mass is 437 g/mol. The number of carbonyl (C=O) groups excluding carboxylic acids is 1. The zero-order valence-electron chi connectivity index (χ0n) is 16.3. The molecule has 11 heteroatoms. The third kappa shape index (κ3) is 3.53. The van der Waals surface area contributed by atoms with Gasteiger partial charge in [0.15, 0.2) is 5.13 Å². The number of imidazole rings is 1. The van der Waals surface area contributed by atoms with Crippen molar-refractivity contribution in [2.45, 2.75) is 0 Å². The van der Waals surface area contributed by atoms with Crippen LogP contribution < -0.4 is 21.2 Å². The lowest BCUT2D eigenvalue weighted by molar-refractivity contribution is 0.102. The van der Waals surface area contributed by atoms with Crippen molar-refractivity contribution in [1.29, 1.82) is 0 Å². The van der Waals surface area contributed by atoms with Crippen LogP contribution in [0.25, 0.3) is 16.2 Å². The minimum Gasteiger partial charge on any atom is -0.506 e. The number of amides is 1. The molecule has 4 N–H and O–H groups in total. The van der Waals surface area contributed by atoms with Gasteiger partial charge in [-0.15, -0.1) is 11.3 Å². The van der Waals surface area contributed by atoms with Crippen LogP contribution in [0.15, 0.2) is 46.8 Å². The van der Waals surface area contributed by atoms with Crippen LogP contribution in [0.3, 0.4) is 0 Å². The van der Waals surface area contributed by atoms with E-state index in [4.69, 9.17) is 0 Å². The maximum Gasteiger partial charge on any atom is 0.333 e. The lowest BCUT2D eigenvalue weighted by Gasteiger charge is -2.30. The molecule has 0 saturated carbocycles. The van der Waals surface area contributed by atoms with E-state index in [1.54, 1.807) is 29.9 Å². The largest absolute Gasteiger partial charge is 0.506 e. The number of fused-ring (bicyclic) bond motifs is 1. The molecule has 4 aromatic rings. The number of rotatable bonds is 4. The normalized spacial score (nSPS) is 14.1. The summed E-state index contributed by atoms with van der Waals surface area (Å²) in [5, 5.41) is 18.1. The number of carbonyl (C=O) groups is 1. The van der Waals surface area contributed by atoms with E-state index in [1.165, 1.54) is 22.0 Å². The van der Waals surface area contributed by atoms with Gasteiger partial charge in [-0.3, -0.25) is 9.78 Å². The Labute approximate surface area is 180 Å². The van der Waals surface area contributed by atoms with Gasteiger partial charge in [-0.2, -0.15) is 0 Å². The number of phenolic OH excluding ortho intramolecular Hbond substituents is 1. The second-order valence-corrected chi connectivity index (χ2v) is 7.87. The molecule has 1 aliphatic heterocycles. The predicted octanol–water partition coefficient (Wildman–Crippen LogP) is 1.54. The van der Waals surface area contributed by atoms with Gasteiger partial charge in [0.05, 0.1) is 23.1 Å². The van der Waals surface area contributed by atoms with Crippen LogP contribution in [0, 0.1) is 0 Å². The number of aromatic amines is 1. The summed E-state index contributed by atoms with van der Waals surface area (Å²) in [5.74, 6) is -0.414. The molecule has 0 spiro atoms. The van der Waals surface area contributed by atoms with Gasteiger partial charge in [-0.25, -0.2) is 14.3 Å². The Bertz CT molecular complexity index is 1320. The number of aromatic hydroxyl groups is 1. The van der Waals surface area contributed by atoms with Gasteiger partial charge in [0.25, 0.3) is 5.91 Å². The number of benzene rings is 1. The fourth-order valence-corrected chi connectivity index (χ4v) is 4.44. The highest BCUT2D eigenvalue weighted by Crippen LogP contribution is 2.27. The minimum absolute atomic E-state index is 0.0279. The number of phenols is 1. The molecule has 1 amide bonds. The number of H-pyrrole nitrogens is 1. The third-order valence-corrected chi connectivity index (χ3v) is 5.94. The first kappa shape index (κ1) is 19.3. The second-order valence-electron chi connectivity index (χ2n) is 7.04. The molecule has 0 bridgehead atoms. The molecule has 31 heavy (non-hydrogen) atoms. The van der Waals surface area contributed by atoms with Crippen molar-refractivity contribution >= 4 is 39.7 Å². The summed E-state index contributed by atoms with van der Waals surface area (Å²) in [7, 11) is 0. The molecular formula is C20H19N7O3S. The van der Waals surface area contributed by atoms with Gasteiger partial charge >= 0.3 is 5.69 Å². The summed E-state index contributed by atoms with van der Waals surface area (Å²) in [6.45, 7) is 3.42. The Morgan fingerprint density at radius 1 is 1.23 bits per heavy atom. The molecule has 1 aromatic carbocycles. The van der Waals surface area contributed by atoms with Gasteiger partial charge in [-0.05, 0) is 18.2 Å². The van der Waals surface area contributed by atoms with Crippen LogP contribution in [0.1, 0.15) is 10.5 Å². The Morgan fingerprint density at radius 2 is 2.06 bits per heavy atom. The smallest absolute Gasteiger partial charge is 0.333 e. The van der Waals surface area contributed by atoms with Crippen LogP contribution >= 0.6 is 11.3 Å². The van der Waals surface area contributed by atoms with Crippen LogP contribution in [0.5, 0.6) is 5.75 Å². The van der Waals surface area contributed by atoms with Crippen molar-refractivity contribution in [3.8, 4) is 10.9 Å². The zero-order valence-corrected chi connectivity index (χ0v) is 17.1. The molecule has 0 atom stereocenters. The number of aromatic nitrogens is 4. The topological polar surface area (TPSA) is 128 Å². The number of piperazine rings is 1. The lowest BCUT2D eigenvalue weighted by Crippen LogP contribution is -2.43. The number of hydrogen-bond donors (Lipinski definition) is 4. The lowest BCUT2D eigenvalue weighted by atomic mass is 10.2. The number of thiazole rings is 1. The first-order valence-corrected chi connectivity index (χ1v) is 10.6. The SMILES string of the molecule is O=C(Nc1cnccc1N1CCNCC1)c1csc(-n2c(=O)[nH]c3c(O)cccc32)n1. The van der Waals surface area contributed by atoms with E-state index in [0.29, 0.717) is 21.9 Å². The summed E-state index contributed by atoms with van der Waals surface area (Å²) in [6, 6.07) is 6.71. The van der Waals surface area contributed by atoms with Crippen LogP contribution in [0.4, 0.5) is 11.4 Å². The van der Waals surface area contributed by atoms with Gasteiger partial charge < -0.3 is 25.6 Å². The molecule has 1 fully saturated rings. The Hall–Kier alpha value is -3.70. The number of nitrogens with one attached hydrogen (secondary N) is 3. The molecule has 158 valence electrons. The summed E-state index contributed by atoms with van der Waals surface area (Å²) < 4.78 is 1.34. The summed E-state index contributed by atoms with van der Waals surface area (Å²) in [6.07, 6.45) is 3.32. The molecule has 3 aromatic heterocycles. The number of pyridine rings is 1. The number of anilines is 2. The summed E-state index contributed by atoms with van der Waals surface area (Å²) in [5.41, 5.74) is 2.08. The Balaban J connectivity index is 1.43. The Kier molecular flexibility index (Phi) is 4.88. The minimum atomic E-state index is -0.439. The van der Waals surface area contributed by atoms with Crippen LogP contribution in [-0.2, 0) is 0 Å². The molecule has 10 nitrogen and oxygen atoms in total. The van der Waals surface area contributed by atoms with E-state index < -0.39 is 5.69 Å².